The maximum Gasteiger partial charge on any atom is 0.348 e. The smallest absolute Gasteiger partial charge is 0.348 e. The Bertz CT molecular complexity index is 719. The van der Waals surface area contributed by atoms with Gasteiger partial charge in [-0.25, -0.2) is 4.79 Å². The number of nitrogens with one attached hydrogen (secondary N) is 1. The number of aliphatic hydroxyl groups excluding tert-OH is 1. The molecule has 0 aromatic carbocycles. The van der Waals surface area contributed by atoms with Crippen LogP contribution in [0.15, 0.2) is 33.7 Å². The highest BCUT2D eigenvalue weighted by molar-refractivity contribution is 7.55. The summed E-state index contributed by atoms with van der Waals surface area (Å²) >= 11 is 0. The van der Waals surface area contributed by atoms with Crippen LogP contribution in [0.5, 0.6) is 0 Å². The Kier molecular flexibility index (Phi) is 4.84. The van der Waals surface area contributed by atoms with Gasteiger partial charge in [0.15, 0.2) is 0 Å². The Morgan fingerprint density at radius 2 is 2.14 bits per heavy atom. The minimum absolute atomic E-state index is 0.238. The molecule has 0 saturated heterocycles. The number of rotatable bonds is 4. The third-order valence-corrected chi connectivity index (χ3v) is 4.24. The monoisotopic (exact) mass is 332 g/mol. The lowest BCUT2D eigenvalue weighted by Crippen LogP contribution is -2.37. The molecule has 1 saturated carbocycles. The molecule has 0 amide bonds. The molecule has 0 bridgehead atoms. The highest BCUT2D eigenvalue weighted by Crippen LogP contribution is 2.41. The second kappa shape index (κ2) is 6.31. The van der Waals surface area contributed by atoms with Gasteiger partial charge in [-0.2, -0.15) is 0 Å². The van der Waals surface area contributed by atoms with Crippen LogP contribution < -0.4 is 11.2 Å². The largest absolute Gasteiger partial charge is 0.390 e. The molecule has 4 atom stereocenters. The summed E-state index contributed by atoms with van der Waals surface area (Å²) in [5.74, 6) is 0.146. The first-order chi connectivity index (χ1) is 10.2. The Hall–Kier alpha value is -1.51. The maximum absolute atomic E-state index is 11.8. The van der Waals surface area contributed by atoms with Gasteiger partial charge in [-0.05, 0) is 6.42 Å². The molecular weight excluding hydrogens is 315 g/mol. The van der Waals surface area contributed by atoms with Crippen molar-refractivity contribution in [3.05, 3.63) is 45.0 Å². The number of aromatic amines is 1. The first-order valence-corrected chi connectivity index (χ1v) is 8.18. The summed E-state index contributed by atoms with van der Waals surface area (Å²) in [6, 6.07) is 0.620. The van der Waals surface area contributed by atoms with E-state index in [1.54, 1.807) is 0 Å². The van der Waals surface area contributed by atoms with E-state index in [-0.39, 0.29) is 6.42 Å². The normalized spacial score (nSPS) is 29.3. The number of ether oxygens (including phenoxy) is 1. The molecule has 9 nitrogen and oxygen atoms in total. The first-order valence-electron chi connectivity index (χ1n) is 6.50. The summed E-state index contributed by atoms with van der Waals surface area (Å²) in [6.45, 7) is 0. The quantitative estimate of drug-likeness (QED) is 0.527. The van der Waals surface area contributed by atoms with E-state index in [4.69, 9.17) is 14.5 Å². The summed E-state index contributed by atoms with van der Waals surface area (Å²) in [6.07, 6.45) is 1.00. The second-order valence-electron chi connectivity index (χ2n) is 5.11. The number of hydrogen-bond donors (Lipinski definition) is 4. The zero-order chi connectivity index (χ0) is 16.5. The second-order valence-corrected chi connectivity index (χ2v) is 6.58. The van der Waals surface area contributed by atoms with E-state index in [9.17, 15) is 19.3 Å². The van der Waals surface area contributed by atoms with Crippen molar-refractivity contribution in [2.45, 2.75) is 24.7 Å². The summed E-state index contributed by atoms with van der Waals surface area (Å²) in [7, 11) is -2.96. The predicted octanol–water partition coefficient (Wildman–Crippen LogP) is -0.835. The molecule has 122 valence electrons. The van der Waals surface area contributed by atoms with Crippen molar-refractivity contribution in [3.63, 3.8) is 0 Å². The lowest BCUT2D eigenvalue weighted by Gasteiger charge is -2.22. The summed E-state index contributed by atoms with van der Waals surface area (Å²) in [5.41, 5.74) is -1.17. The number of hydrogen-bond acceptors (Lipinski definition) is 5. The molecule has 1 aromatic heterocycles. The number of H-pyrrole nitrogens is 1. The molecule has 4 N–H and O–H groups in total. The molecule has 1 aliphatic carbocycles. The fourth-order valence-corrected chi connectivity index (χ4v) is 3.14. The van der Waals surface area contributed by atoms with E-state index in [0.29, 0.717) is 0 Å². The topological polar surface area (TPSA) is 142 Å². The van der Waals surface area contributed by atoms with Crippen LogP contribution >= 0.6 is 7.60 Å². The van der Waals surface area contributed by atoms with Crippen molar-refractivity contribution in [1.82, 2.24) is 9.55 Å². The van der Waals surface area contributed by atoms with Gasteiger partial charge in [0.1, 0.15) is 6.10 Å². The SMILES string of the molecule is CO[C@@H]1[C@H](O)[C@@H](/C=C/P(=O)(O)O)C[C@H]1n1ccc(=O)[nH]c1=O. The summed E-state index contributed by atoms with van der Waals surface area (Å²) in [4.78, 5) is 42.8. The van der Waals surface area contributed by atoms with E-state index in [2.05, 4.69) is 4.98 Å². The first kappa shape index (κ1) is 16.9. The highest BCUT2D eigenvalue weighted by atomic mass is 31.2. The lowest BCUT2D eigenvalue weighted by molar-refractivity contribution is -0.0183. The molecular formula is C12H17N2O7P. The molecule has 0 radical (unpaired) electrons. The molecule has 10 heteroatoms. The Morgan fingerprint density at radius 3 is 2.68 bits per heavy atom. The Balaban J connectivity index is 2.33. The van der Waals surface area contributed by atoms with E-state index in [0.717, 1.165) is 5.82 Å². The number of nitrogens with zero attached hydrogens (tertiary/aromatic N) is 1. The van der Waals surface area contributed by atoms with Crippen LogP contribution in [0, 0.1) is 5.92 Å². The Morgan fingerprint density at radius 1 is 1.45 bits per heavy atom. The lowest BCUT2D eigenvalue weighted by atomic mass is 10.1. The average Bonchev–Trinajstić information content (AvgIpc) is 2.72. The number of aromatic nitrogens is 2. The van der Waals surface area contributed by atoms with E-state index >= 15 is 0 Å². The van der Waals surface area contributed by atoms with Crippen LogP contribution in [0.1, 0.15) is 12.5 Å². The van der Waals surface area contributed by atoms with Crippen molar-refractivity contribution in [2.75, 3.05) is 7.11 Å². The predicted molar refractivity (Wildman–Crippen MR) is 76.5 cm³/mol. The van der Waals surface area contributed by atoms with Crippen LogP contribution in [-0.4, -0.2) is 43.8 Å². The van der Waals surface area contributed by atoms with Gasteiger partial charge in [0, 0.05) is 31.1 Å². The van der Waals surface area contributed by atoms with Crippen molar-refractivity contribution >= 4 is 7.60 Å². The summed E-state index contributed by atoms with van der Waals surface area (Å²) in [5, 5.41) is 10.2. The van der Waals surface area contributed by atoms with Crippen LogP contribution in [0.25, 0.3) is 0 Å². The van der Waals surface area contributed by atoms with Gasteiger partial charge in [-0.1, -0.05) is 6.08 Å². The highest BCUT2D eigenvalue weighted by Gasteiger charge is 2.43. The number of methoxy groups -OCH3 is 1. The molecule has 1 aromatic rings. The standard InChI is InChI=1S/C12H17N2O7P/c1-21-11-8(14-4-2-9(15)13-12(14)17)6-7(10(11)16)3-5-22(18,19)20/h2-5,7-8,10-11,16H,6H2,1H3,(H,13,15,17)(H2,18,19,20)/b5-3+/t7-,8+,10+,11-/m0/s1. The van der Waals surface area contributed by atoms with E-state index in [1.165, 1.54) is 30.0 Å². The third-order valence-electron chi connectivity index (χ3n) is 3.68. The summed E-state index contributed by atoms with van der Waals surface area (Å²) < 4.78 is 17.3. The third kappa shape index (κ3) is 3.63. The maximum atomic E-state index is 11.8. The van der Waals surface area contributed by atoms with E-state index < -0.39 is 43.0 Å². The van der Waals surface area contributed by atoms with Crippen molar-refractivity contribution in [1.29, 1.82) is 0 Å². The van der Waals surface area contributed by atoms with Gasteiger partial charge >= 0.3 is 13.3 Å². The van der Waals surface area contributed by atoms with Crippen LogP contribution in [-0.2, 0) is 9.30 Å². The molecule has 1 fully saturated rings. The fourth-order valence-electron chi connectivity index (χ4n) is 2.70. The van der Waals surface area contributed by atoms with Gasteiger partial charge in [-0.3, -0.25) is 18.9 Å². The zero-order valence-corrected chi connectivity index (χ0v) is 12.6. The molecule has 2 rings (SSSR count). The van der Waals surface area contributed by atoms with Crippen molar-refractivity contribution in [3.8, 4) is 0 Å². The van der Waals surface area contributed by atoms with Gasteiger partial charge in [0.2, 0.25) is 0 Å². The van der Waals surface area contributed by atoms with E-state index in [1.807, 2.05) is 0 Å². The van der Waals surface area contributed by atoms with Crippen LogP contribution in [0.4, 0.5) is 0 Å². The molecule has 22 heavy (non-hydrogen) atoms. The number of aliphatic hydroxyl groups is 1. The molecule has 0 unspecified atom stereocenters. The van der Waals surface area contributed by atoms with Gasteiger partial charge in [-0.15, -0.1) is 0 Å². The zero-order valence-electron chi connectivity index (χ0n) is 11.7. The van der Waals surface area contributed by atoms with Crippen molar-refractivity contribution in [2.24, 2.45) is 5.92 Å². The minimum atomic E-state index is -4.33. The fraction of sp³-hybridized carbons (Fsp3) is 0.500. The van der Waals surface area contributed by atoms with Crippen LogP contribution in [0.2, 0.25) is 0 Å². The van der Waals surface area contributed by atoms with Gasteiger partial charge < -0.3 is 19.6 Å². The van der Waals surface area contributed by atoms with Crippen molar-refractivity contribution < 1.29 is 24.2 Å². The molecule has 0 aliphatic heterocycles. The average molecular weight is 332 g/mol. The van der Waals surface area contributed by atoms with Gasteiger partial charge in [0.05, 0.1) is 12.1 Å². The minimum Gasteiger partial charge on any atom is -0.390 e. The molecule has 1 heterocycles. The molecule has 1 aliphatic rings. The Labute approximate surface area is 125 Å². The van der Waals surface area contributed by atoms with Gasteiger partial charge in [0.25, 0.3) is 5.56 Å². The molecule has 0 spiro atoms. The van der Waals surface area contributed by atoms with Crippen LogP contribution in [0.3, 0.4) is 0 Å².